The van der Waals surface area contributed by atoms with Crippen molar-refractivity contribution in [2.75, 3.05) is 12.8 Å². The number of likely N-dealkylation sites (N-methyl/N-ethyl adjacent to an activating group) is 1. The smallest absolute Gasteiger partial charge is 0.133 e. The summed E-state index contributed by atoms with van der Waals surface area (Å²) in [6.07, 6.45) is 1.78. The Kier molecular flexibility index (Phi) is 4.24. The number of benzene rings is 1. The van der Waals surface area contributed by atoms with Crippen LogP contribution in [0.25, 0.3) is 0 Å². The van der Waals surface area contributed by atoms with Gasteiger partial charge in [0.15, 0.2) is 0 Å². The molecule has 0 aliphatic rings. The van der Waals surface area contributed by atoms with Crippen LogP contribution < -0.4 is 11.1 Å². The maximum Gasteiger partial charge on any atom is 0.133 e. The van der Waals surface area contributed by atoms with Crippen molar-refractivity contribution in [3.8, 4) is 0 Å². The van der Waals surface area contributed by atoms with Crippen LogP contribution in [0.5, 0.6) is 0 Å². The second kappa shape index (κ2) is 5.92. The van der Waals surface area contributed by atoms with Crippen molar-refractivity contribution in [2.45, 2.75) is 12.5 Å². The minimum Gasteiger partial charge on any atom is -0.383 e. The Morgan fingerprint density at radius 3 is 2.45 bits per heavy atom. The zero-order valence-corrected chi connectivity index (χ0v) is 10.8. The first-order valence-electron chi connectivity index (χ1n) is 6.04. The molecule has 6 heteroatoms. The Bertz CT molecular complexity index is 593. The molecule has 2 rings (SSSR count). The van der Waals surface area contributed by atoms with Gasteiger partial charge in [-0.05, 0) is 25.1 Å². The number of nitrogens with one attached hydrogen (secondary N) is 1. The van der Waals surface area contributed by atoms with E-state index in [-0.39, 0.29) is 12.0 Å². The first-order chi connectivity index (χ1) is 9.52. The molecular weight excluding hydrogens is 267 g/mol. The van der Waals surface area contributed by atoms with Gasteiger partial charge in [-0.1, -0.05) is 6.07 Å². The van der Waals surface area contributed by atoms with E-state index in [0.29, 0.717) is 23.5 Å². The predicted octanol–water partition coefficient (Wildman–Crippen LogP) is 2.58. The van der Waals surface area contributed by atoms with Crippen molar-refractivity contribution in [1.29, 1.82) is 0 Å². The van der Waals surface area contributed by atoms with Gasteiger partial charge < -0.3 is 11.1 Å². The lowest BCUT2D eigenvalue weighted by molar-refractivity contribution is 0.475. The zero-order chi connectivity index (χ0) is 14.7. The van der Waals surface area contributed by atoms with Crippen molar-refractivity contribution in [1.82, 2.24) is 10.3 Å². The summed E-state index contributed by atoms with van der Waals surface area (Å²) in [4.78, 5) is 3.92. The Labute approximate surface area is 114 Å². The summed E-state index contributed by atoms with van der Waals surface area (Å²) in [5.41, 5.74) is 6.17. The molecule has 20 heavy (non-hydrogen) atoms. The highest BCUT2D eigenvalue weighted by Crippen LogP contribution is 2.26. The van der Waals surface area contributed by atoms with E-state index in [1.165, 1.54) is 6.20 Å². The Morgan fingerprint density at radius 2 is 1.90 bits per heavy atom. The summed E-state index contributed by atoms with van der Waals surface area (Å²) >= 11 is 0. The molecule has 106 valence electrons. The van der Waals surface area contributed by atoms with Gasteiger partial charge in [-0.15, -0.1) is 0 Å². The number of nitrogens with zero attached hydrogens (tertiary/aromatic N) is 1. The van der Waals surface area contributed by atoms with E-state index >= 15 is 0 Å². The second-order valence-electron chi connectivity index (χ2n) is 4.38. The lowest BCUT2D eigenvalue weighted by atomic mass is 9.98. The molecule has 0 saturated heterocycles. The topological polar surface area (TPSA) is 50.9 Å². The number of nitrogen functional groups attached to an aromatic ring is 1. The van der Waals surface area contributed by atoms with Crippen molar-refractivity contribution in [3.63, 3.8) is 0 Å². The molecule has 0 aliphatic heterocycles. The molecule has 0 bridgehead atoms. The van der Waals surface area contributed by atoms with Gasteiger partial charge in [0.25, 0.3) is 0 Å². The van der Waals surface area contributed by atoms with E-state index in [2.05, 4.69) is 10.3 Å². The fraction of sp³-hybridized carbons (Fsp3) is 0.214. The summed E-state index contributed by atoms with van der Waals surface area (Å²) in [5.74, 6) is -2.50. The van der Waals surface area contributed by atoms with Gasteiger partial charge in [-0.25, -0.2) is 18.2 Å². The molecule has 2 aromatic rings. The van der Waals surface area contributed by atoms with E-state index in [9.17, 15) is 13.2 Å². The first-order valence-corrected chi connectivity index (χ1v) is 6.04. The summed E-state index contributed by atoms with van der Waals surface area (Å²) in [6.45, 7) is 0. The van der Waals surface area contributed by atoms with Crippen LogP contribution in [0.15, 0.2) is 30.5 Å². The van der Waals surface area contributed by atoms with Gasteiger partial charge >= 0.3 is 0 Å². The molecule has 0 radical (unpaired) electrons. The van der Waals surface area contributed by atoms with Gasteiger partial charge in [0.05, 0.1) is 0 Å². The molecule has 1 aromatic heterocycles. The summed E-state index contributed by atoms with van der Waals surface area (Å²) in [5, 5.41) is 2.81. The number of nitrogens with two attached hydrogens (primary N) is 1. The number of hydrogen-bond acceptors (Lipinski definition) is 3. The van der Waals surface area contributed by atoms with E-state index in [1.807, 2.05) is 0 Å². The van der Waals surface area contributed by atoms with Crippen LogP contribution in [0.1, 0.15) is 17.2 Å². The molecule has 1 atom stereocenters. The van der Waals surface area contributed by atoms with Crippen molar-refractivity contribution in [2.24, 2.45) is 0 Å². The minimum atomic E-state index is -0.945. The van der Waals surface area contributed by atoms with Crippen LogP contribution in [-0.2, 0) is 6.42 Å². The van der Waals surface area contributed by atoms with Gasteiger partial charge in [-0.3, -0.25) is 0 Å². The van der Waals surface area contributed by atoms with Gasteiger partial charge in [0.1, 0.15) is 23.3 Å². The molecule has 3 nitrogen and oxygen atoms in total. The van der Waals surface area contributed by atoms with E-state index in [4.69, 9.17) is 5.73 Å². The van der Waals surface area contributed by atoms with Crippen LogP contribution >= 0.6 is 0 Å². The maximum absolute atomic E-state index is 13.8. The monoisotopic (exact) mass is 281 g/mol. The largest absolute Gasteiger partial charge is 0.383 e. The second-order valence-corrected chi connectivity index (χ2v) is 4.38. The average Bonchev–Trinajstić information content (AvgIpc) is 2.38. The maximum atomic E-state index is 13.8. The molecular formula is C14H14F3N3. The zero-order valence-electron chi connectivity index (χ0n) is 10.8. The third kappa shape index (κ3) is 2.91. The molecule has 1 aromatic carbocycles. The van der Waals surface area contributed by atoms with Gasteiger partial charge in [0, 0.05) is 29.9 Å². The number of anilines is 1. The summed E-state index contributed by atoms with van der Waals surface area (Å²) in [6, 6.07) is 4.08. The number of rotatable bonds is 4. The molecule has 0 saturated carbocycles. The van der Waals surface area contributed by atoms with Crippen LogP contribution in [-0.4, -0.2) is 12.0 Å². The lowest BCUT2D eigenvalue weighted by Crippen LogP contribution is -2.22. The highest BCUT2D eigenvalue weighted by molar-refractivity contribution is 5.40. The summed E-state index contributed by atoms with van der Waals surface area (Å²) in [7, 11) is 1.57. The highest BCUT2D eigenvalue weighted by atomic mass is 19.1. The lowest BCUT2D eigenvalue weighted by Gasteiger charge is -2.19. The van der Waals surface area contributed by atoms with E-state index < -0.39 is 23.5 Å². The quantitative estimate of drug-likeness (QED) is 0.905. The van der Waals surface area contributed by atoms with Crippen LogP contribution in [0, 0.1) is 17.5 Å². The molecule has 1 unspecified atom stereocenters. The molecule has 0 aliphatic carbocycles. The van der Waals surface area contributed by atoms with E-state index in [1.54, 1.807) is 19.2 Å². The average molecular weight is 281 g/mol. The van der Waals surface area contributed by atoms with Crippen molar-refractivity contribution < 1.29 is 13.2 Å². The number of pyridine rings is 1. The SMILES string of the molecule is CNC(Cc1cccnc1N)c1c(F)cc(F)cc1F. The van der Waals surface area contributed by atoms with Crippen LogP contribution in [0.4, 0.5) is 19.0 Å². The number of hydrogen-bond donors (Lipinski definition) is 2. The molecule has 3 N–H and O–H groups in total. The molecule has 0 spiro atoms. The standard InChI is InChI=1S/C14H14F3N3/c1-19-12(5-8-3-2-4-20-14(8)18)13-10(16)6-9(15)7-11(13)17/h2-4,6-7,12,19H,5H2,1H3,(H2,18,20). The van der Waals surface area contributed by atoms with Crippen molar-refractivity contribution in [3.05, 3.63) is 59.0 Å². The predicted molar refractivity (Wildman–Crippen MR) is 70.5 cm³/mol. The number of halogens is 3. The fourth-order valence-corrected chi connectivity index (χ4v) is 2.08. The highest BCUT2D eigenvalue weighted by Gasteiger charge is 2.21. The molecule has 1 heterocycles. The third-order valence-corrected chi connectivity index (χ3v) is 3.09. The Balaban J connectivity index is 2.37. The summed E-state index contributed by atoms with van der Waals surface area (Å²) < 4.78 is 40.5. The van der Waals surface area contributed by atoms with Crippen molar-refractivity contribution >= 4 is 5.82 Å². The Morgan fingerprint density at radius 1 is 1.25 bits per heavy atom. The van der Waals surface area contributed by atoms with Gasteiger partial charge in [-0.2, -0.15) is 0 Å². The normalized spacial score (nSPS) is 12.4. The van der Waals surface area contributed by atoms with Gasteiger partial charge in [0.2, 0.25) is 0 Å². The van der Waals surface area contributed by atoms with E-state index in [0.717, 1.165) is 0 Å². The fourth-order valence-electron chi connectivity index (χ4n) is 2.08. The number of aromatic nitrogens is 1. The van der Waals surface area contributed by atoms with Crippen LogP contribution in [0.3, 0.4) is 0 Å². The molecule has 0 fully saturated rings. The molecule has 0 amide bonds. The first kappa shape index (κ1) is 14.3. The Hall–Kier alpha value is -2.08. The van der Waals surface area contributed by atoms with Crippen LogP contribution in [0.2, 0.25) is 0 Å². The minimum absolute atomic E-state index is 0.211. The third-order valence-electron chi connectivity index (χ3n) is 3.09.